The zero-order valence-electron chi connectivity index (χ0n) is 38.0. The lowest BCUT2D eigenvalue weighted by Gasteiger charge is -2.41. The molecule has 0 spiro atoms. The van der Waals surface area contributed by atoms with Gasteiger partial charge in [-0.1, -0.05) is 206 Å². The summed E-state index contributed by atoms with van der Waals surface area (Å²) in [6.07, 6.45) is 29.9. The second kappa shape index (κ2) is 37.4. The van der Waals surface area contributed by atoms with Crippen molar-refractivity contribution in [1.29, 1.82) is 0 Å². The van der Waals surface area contributed by atoms with Crippen LogP contribution in [0.1, 0.15) is 213 Å². The number of rotatable bonds is 40. The highest BCUT2D eigenvalue weighted by Crippen LogP contribution is 2.22. The van der Waals surface area contributed by atoms with E-state index in [0.29, 0.717) is 6.42 Å². The Kier molecular flexibility index (Phi) is 35.4. The molecular formula is C48H94N2O9. The fourth-order valence-corrected chi connectivity index (χ4v) is 7.97. The van der Waals surface area contributed by atoms with Gasteiger partial charge in [-0.05, 0) is 25.2 Å². The minimum atomic E-state index is -1.49. The monoisotopic (exact) mass is 843 g/mol. The number of hydrogen-bond donors (Lipinski definition) is 8. The number of aliphatic hydroxyl groups is 6. The summed E-state index contributed by atoms with van der Waals surface area (Å²) in [5.74, 6) is 0.102. The number of carbonyl (C=O) groups is 1. The average molecular weight is 843 g/mol. The first kappa shape index (κ1) is 55.9. The summed E-state index contributed by atoms with van der Waals surface area (Å²) >= 11 is 0. The smallest absolute Gasteiger partial charge is 0.249 e. The molecule has 59 heavy (non-hydrogen) atoms. The molecule has 0 bridgehead atoms. The van der Waals surface area contributed by atoms with Crippen LogP contribution in [-0.4, -0.2) is 105 Å². The number of nitrogens with one attached hydrogen (secondary N) is 1. The number of amides is 1. The first-order valence-electron chi connectivity index (χ1n) is 24.5. The number of nitrogens with two attached hydrogens (primary N) is 1. The molecular weight excluding hydrogens is 749 g/mol. The molecule has 1 aliphatic rings. The molecule has 0 aromatic carbocycles. The Morgan fingerprint density at radius 1 is 0.678 bits per heavy atom. The molecule has 1 fully saturated rings. The Morgan fingerprint density at radius 2 is 1.12 bits per heavy atom. The molecule has 1 aliphatic heterocycles. The molecule has 0 aromatic heterocycles. The molecule has 4 unspecified atom stereocenters. The highest BCUT2D eigenvalue weighted by atomic mass is 16.7. The maximum Gasteiger partial charge on any atom is 0.249 e. The van der Waals surface area contributed by atoms with E-state index in [1.165, 1.54) is 147 Å². The van der Waals surface area contributed by atoms with Crippen molar-refractivity contribution < 1.29 is 44.9 Å². The van der Waals surface area contributed by atoms with Crippen LogP contribution in [0.5, 0.6) is 0 Å². The van der Waals surface area contributed by atoms with Crippen molar-refractivity contribution in [3.8, 4) is 0 Å². The van der Waals surface area contributed by atoms with Gasteiger partial charge in [0.15, 0.2) is 6.29 Å². The molecule has 1 heterocycles. The van der Waals surface area contributed by atoms with E-state index in [-0.39, 0.29) is 13.0 Å². The predicted octanol–water partition coefficient (Wildman–Crippen LogP) is 8.27. The van der Waals surface area contributed by atoms with Crippen LogP contribution in [0.25, 0.3) is 0 Å². The standard InChI is InChI=1S/C48H94N2O9/c1-4-5-6-7-8-9-10-11-12-13-14-15-16-19-23-26-29-32-35-41(53)47(57)50-39(37-58-48-43(49)46(56)45(55)42(36-51)59-48)44(54)40(52)34-31-28-25-22-20-17-18-21-24-27-30-33-38(2)3/h31,34,38-46,48,51-56H,4-30,32-33,35-37,49H2,1-3H3,(H,50,57)/b34-31+/t39?,40?,41?,42-,43-,44?,45-,46-,48+/m1/s1. The van der Waals surface area contributed by atoms with Crippen LogP contribution in [0, 0.1) is 5.92 Å². The van der Waals surface area contributed by atoms with E-state index in [1.54, 1.807) is 0 Å². The third-order valence-electron chi connectivity index (χ3n) is 12.1. The Labute approximate surface area is 360 Å². The molecule has 0 radical (unpaired) electrons. The van der Waals surface area contributed by atoms with Crippen molar-refractivity contribution in [2.45, 2.75) is 268 Å². The lowest BCUT2D eigenvalue weighted by atomic mass is 9.98. The summed E-state index contributed by atoms with van der Waals surface area (Å²) < 4.78 is 11.3. The first-order valence-corrected chi connectivity index (χ1v) is 24.5. The minimum Gasteiger partial charge on any atom is -0.394 e. The molecule has 11 heteroatoms. The zero-order valence-corrected chi connectivity index (χ0v) is 38.0. The normalized spacial score (nSPS) is 21.9. The summed E-state index contributed by atoms with van der Waals surface area (Å²) in [4.78, 5) is 13.1. The van der Waals surface area contributed by atoms with Crippen LogP contribution in [0.3, 0.4) is 0 Å². The molecule has 9 atom stereocenters. The van der Waals surface area contributed by atoms with Gasteiger partial charge in [0.25, 0.3) is 0 Å². The van der Waals surface area contributed by atoms with Crippen LogP contribution in [-0.2, 0) is 14.3 Å². The van der Waals surface area contributed by atoms with Crippen LogP contribution in [0.2, 0.25) is 0 Å². The largest absolute Gasteiger partial charge is 0.394 e. The number of hydrogen-bond acceptors (Lipinski definition) is 10. The molecule has 11 nitrogen and oxygen atoms in total. The first-order chi connectivity index (χ1) is 28.5. The minimum absolute atomic E-state index is 0.272. The fraction of sp³-hybridized carbons (Fsp3) is 0.938. The van der Waals surface area contributed by atoms with E-state index >= 15 is 0 Å². The van der Waals surface area contributed by atoms with Gasteiger partial charge in [-0.15, -0.1) is 0 Å². The molecule has 1 rings (SSSR count). The SMILES string of the molecule is CCCCCCCCCCCCCCCCCCCCC(O)C(=O)NC(CO[C@H]1O[C@H](CO)[C@@H](O)[C@H](O)[C@H]1N)C(O)C(O)/C=C/CCCCCCCCCCCC(C)C. The number of allylic oxidation sites excluding steroid dienone is 1. The van der Waals surface area contributed by atoms with Gasteiger partial charge in [0.1, 0.15) is 36.6 Å². The van der Waals surface area contributed by atoms with Gasteiger partial charge < -0.3 is 51.2 Å². The lowest BCUT2D eigenvalue weighted by Crippen LogP contribution is -2.63. The summed E-state index contributed by atoms with van der Waals surface area (Å²) in [7, 11) is 0. The van der Waals surface area contributed by atoms with Crippen molar-refractivity contribution in [2.75, 3.05) is 13.2 Å². The number of ether oxygens (including phenoxy) is 2. The van der Waals surface area contributed by atoms with Crippen LogP contribution >= 0.6 is 0 Å². The van der Waals surface area contributed by atoms with Gasteiger partial charge in [-0.25, -0.2) is 0 Å². The van der Waals surface area contributed by atoms with Crippen LogP contribution in [0.15, 0.2) is 12.2 Å². The van der Waals surface area contributed by atoms with E-state index in [2.05, 4.69) is 26.1 Å². The number of aliphatic hydroxyl groups excluding tert-OH is 6. The lowest BCUT2D eigenvalue weighted by molar-refractivity contribution is -0.268. The topological polar surface area (TPSA) is 195 Å². The van der Waals surface area contributed by atoms with E-state index in [9.17, 15) is 35.4 Å². The highest BCUT2D eigenvalue weighted by Gasteiger charge is 2.43. The highest BCUT2D eigenvalue weighted by molar-refractivity contribution is 5.80. The fourth-order valence-electron chi connectivity index (χ4n) is 7.97. The van der Waals surface area contributed by atoms with Crippen molar-refractivity contribution in [1.82, 2.24) is 5.32 Å². The van der Waals surface area contributed by atoms with Crippen LogP contribution < -0.4 is 11.1 Å². The Balaban J connectivity index is 2.44. The zero-order chi connectivity index (χ0) is 43.5. The van der Waals surface area contributed by atoms with E-state index in [4.69, 9.17) is 15.2 Å². The third-order valence-corrected chi connectivity index (χ3v) is 12.1. The molecule has 1 amide bonds. The van der Waals surface area contributed by atoms with Gasteiger partial charge in [0.05, 0.1) is 25.3 Å². The molecule has 0 aliphatic carbocycles. The predicted molar refractivity (Wildman–Crippen MR) is 240 cm³/mol. The van der Waals surface area contributed by atoms with E-state index in [1.807, 2.05) is 6.08 Å². The summed E-state index contributed by atoms with van der Waals surface area (Å²) in [6, 6.07) is -2.33. The van der Waals surface area contributed by atoms with Gasteiger partial charge in [0.2, 0.25) is 5.91 Å². The Hall–Kier alpha value is -1.15. The molecule has 350 valence electrons. The van der Waals surface area contributed by atoms with E-state index in [0.717, 1.165) is 44.4 Å². The van der Waals surface area contributed by atoms with Gasteiger partial charge in [-0.3, -0.25) is 4.79 Å². The number of carbonyl (C=O) groups excluding carboxylic acids is 1. The Morgan fingerprint density at radius 3 is 1.58 bits per heavy atom. The second-order valence-electron chi connectivity index (χ2n) is 18.1. The molecule has 9 N–H and O–H groups in total. The van der Waals surface area contributed by atoms with Gasteiger partial charge >= 0.3 is 0 Å². The van der Waals surface area contributed by atoms with E-state index < -0.39 is 67.5 Å². The maximum atomic E-state index is 13.1. The third kappa shape index (κ3) is 28.2. The summed E-state index contributed by atoms with van der Waals surface area (Å²) in [6.45, 7) is 5.87. The van der Waals surface area contributed by atoms with Crippen molar-refractivity contribution >= 4 is 5.91 Å². The van der Waals surface area contributed by atoms with Gasteiger partial charge in [-0.2, -0.15) is 0 Å². The van der Waals surface area contributed by atoms with Crippen LogP contribution in [0.4, 0.5) is 0 Å². The summed E-state index contributed by atoms with van der Waals surface area (Å²) in [5.41, 5.74) is 6.03. The van der Waals surface area contributed by atoms with Crippen molar-refractivity contribution in [2.24, 2.45) is 11.7 Å². The maximum absolute atomic E-state index is 13.1. The second-order valence-corrected chi connectivity index (χ2v) is 18.1. The molecule has 0 aromatic rings. The average Bonchev–Trinajstić information content (AvgIpc) is 3.22. The molecule has 0 saturated carbocycles. The summed E-state index contributed by atoms with van der Waals surface area (Å²) in [5, 5.41) is 65.5. The quantitative estimate of drug-likeness (QED) is 0.0220. The van der Waals surface area contributed by atoms with Gasteiger partial charge in [0, 0.05) is 0 Å². The molecule has 1 saturated heterocycles. The number of unbranched alkanes of at least 4 members (excludes halogenated alkanes) is 26. The van der Waals surface area contributed by atoms with Crippen molar-refractivity contribution in [3.63, 3.8) is 0 Å². The van der Waals surface area contributed by atoms with Crippen molar-refractivity contribution in [3.05, 3.63) is 12.2 Å². The Bertz CT molecular complexity index is 986.